The smallest absolute Gasteiger partial charge is 0.450 e. The molecule has 3 saturated carbocycles. The van der Waals surface area contributed by atoms with Gasteiger partial charge in [0.15, 0.2) is 23.7 Å². The van der Waals surface area contributed by atoms with Crippen LogP contribution in [-0.2, 0) is 28.6 Å². The van der Waals surface area contributed by atoms with Crippen LogP contribution in [0, 0.1) is 22.7 Å². The maximum atomic E-state index is 17.5. The van der Waals surface area contributed by atoms with Gasteiger partial charge >= 0.3 is 12.1 Å². The van der Waals surface area contributed by atoms with Crippen molar-refractivity contribution < 1.29 is 47.3 Å². The second kappa shape index (κ2) is 12.2. The number of aliphatic hydroxyl groups excluding tert-OH is 1. The van der Waals surface area contributed by atoms with Gasteiger partial charge in [-0.2, -0.15) is 0 Å². The maximum absolute atomic E-state index is 17.5. The van der Waals surface area contributed by atoms with Crippen LogP contribution in [0.3, 0.4) is 0 Å². The fourth-order valence-electron chi connectivity index (χ4n) is 8.23. The first-order chi connectivity index (χ1) is 19.8. The highest BCUT2D eigenvalue weighted by Crippen LogP contribution is 2.70. The average Bonchev–Trinajstić information content (AvgIpc) is 3.23. The van der Waals surface area contributed by atoms with Crippen molar-refractivity contribution in [3.8, 4) is 0 Å². The number of hydrogen-bond donors (Lipinski definition) is 1. The number of ketones is 2. The lowest BCUT2D eigenvalue weighted by molar-refractivity contribution is -0.229. The summed E-state index contributed by atoms with van der Waals surface area (Å²) >= 11 is 0. The largest absolute Gasteiger partial charge is 0.508 e. The summed E-state index contributed by atoms with van der Waals surface area (Å²) in [4.78, 5) is 51.2. The van der Waals surface area contributed by atoms with Crippen molar-refractivity contribution in [3.05, 3.63) is 23.8 Å². The van der Waals surface area contributed by atoms with Crippen molar-refractivity contribution in [2.24, 2.45) is 22.7 Å². The molecule has 0 aromatic carbocycles. The molecule has 0 aliphatic heterocycles. The molecule has 8 unspecified atom stereocenters. The van der Waals surface area contributed by atoms with E-state index in [1.807, 2.05) is 13.8 Å². The SMILES string of the molecule is CCCCCOC(=O)OCC(=O)C1(OC(=O)CCCC)CCC2C3CC(F)C4=CC(=O)C=CC4(C)C3(F)C(O)CC21C. The molecule has 4 aliphatic carbocycles. The molecule has 234 valence electrons. The van der Waals surface area contributed by atoms with Crippen molar-refractivity contribution >= 4 is 23.7 Å². The second-order valence-corrected chi connectivity index (χ2v) is 12.8. The van der Waals surface area contributed by atoms with Crippen LogP contribution in [0.4, 0.5) is 13.6 Å². The first-order valence-electron chi connectivity index (χ1n) is 15.3. The Hall–Kier alpha value is -2.62. The summed E-state index contributed by atoms with van der Waals surface area (Å²) in [6.45, 7) is 6.52. The third kappa shape index (κ3) is 5.11. The van der Waals surface area contributed by atoms with Crippen molar-refractivity contribution in [3.63, 3.8) is 0 Å². The molecule has 1 N–H and O–H groups in total. The highest BCUT2D eigenvalue weighted by Gasteiger charge is 2.76. The minimum Gasteiger partial charge on any atom is -0.450 e. The van der Waals surface area contributed by atoms with Gasteiger partial charge < -0.3 is 19.3 Å². The number of aliphatic hydroxyl groups is 1. The lowest BCUT2D eigenvalue weighted by atomic mass is 9.44. The predicted octanol–water partition coefficient (Wildman–Crippen LogP) is 5.69. The number of esters is 1. The molecule has 0 aromatic heterocycles. The van der Waals surface area contributed by atoms with E-state index in [0.29, 0.717) is 12.8 Å². The Balaban J connectivity index is 1.66. The van der Waals surface area contributed by atoms with E-state index in [4.69, 9.17) is 14.2 Å². The molecule has 0 bridgehead atoms. The number of allylic oxidation sites excluding steroid dienone is 4. The highest BCUT2D eigenvalue weighted by molar-refractivity contribution is 6.01. The zero-order chi connectivity index (χ0) is 30.9. The molecule has 0 heterocycles. The number of ether oxygens (including phenoxy) is 3. The third-order valence-corrected chi connectivity index (χ3v) is 10.5. The van der Waals surface area contributed by atoms with Crippen LogP contribution < -0.4 is 0 Å². The minimum absolute atomic E-state index is 0.00795. The Morgan fingerprint density at radius 3 is 2.48 bits per heavy atom. The molecule has 0 radical (unpaired) electrons. The standard InChI is InChI=1S/C32H44F2O8/c1-5-7-9-15-40-28(39)41-19-26(37)31(42-27(38)10-8-6-2)14-12-21-22-17-24(33)23-16-20(35)11-13-29(23,3)32(22,34)25(36)18-30(21,31)4/h11,13,16,21-22,24-25,36H,5-10,12,14-15,17-19H2,1-4H3. The number of Topliss-reactive ketones (excluding diaryl/α,β-unsaturated/α-hetero) is 1. The number of alkyl halides is 2. The van der Waals surface area contributed by atoms with E-state index >= 15 is 8.78 Å². The molecule has 4 rings (SSSR count). The maximum Gasteiger partial charge on any atom is 0.508 e. The molecule has 8 nitrogen and oxygen atoms in total. The summed E-state index contributed by atoms with van der Waals surface area (Å²) in [6, 6.07) is 0. The minimum atomic E-state index is -2.33. The summed E-state index contributed by atoms with van der Waals surface area (Å²) < 4.78 is 49.3. The van der Waals surface area contributed by atoms with E-state index in [2.05, 4.69) is 0 Å². The number of halogens is 2. The summed E-state index contributed by atoms with van der Waals surface area (Å²) in [7, 11) is 0. The Morgan fingerprint density at radius 2 is 1.79 bits per heavy atom. The fraction of sp³-hybridized carbons (Fsp3) is 0.750. The van der Waals surface area contributed by atoms with E-state index < -0.39 is 76.5 Å². The fourth-order valence-corrected chi connectivity index (χ4v) is 8.23. The number of unbranched alkanes of at least 4 members (excludes halogenated alkanes) is 3. The van der Waals surface area contributed by atoms with E-state index in [1.54, 1.807) is 6.92 Å². The van der Waals surface area contributed by atoms with Crippen molar-refractivity contribution in [2.75, 3.05) is 13.2 Å². The summed E-state index contributed by atoms with van der Waals surface area (Å²) in [6.07, 6.45) is 2.85. The zero-order valence-corrected chi connectivity index (χ0v) is 25.1. The molecule has 0 saturated heterocycles. The topological polar surface area (TPSA) is 116 Å². The summed E-state index contributed by atoms with van der Waals surface area (Å²) in [5.41, 5.74) is -6.97. The average molecular weight is 595 g/mol. The van der Waals surface area contributed by atoms with E-state index in [-0.39, 0.29) is 44.3 Å². The number of fused-ring (bicyclic) bond motifs is 5. The molecule has 0 amide bonds. The van der Waals surface area contributed by atoms with Gasteiger partial charge in [0.25, 0.3) is 0 Å². The third-order valence-electron chi connectivity index (χ3n) is 10.5. The first kappa shape index (κ1) is 32.3. The highest BCUT2D eigenvalue weighted by atomic mass is 19.1. The molecule has 0 aromatic rings. The van der Waals surface area contributed by atoms with Crippen LogP contribution in [0.2, 0.25) is 0 Å². The van der Waals surface area contributed by atoms with Crippen LogP contribution in [0.25, 0.3) is 0 Å². The summed E-state index contributed by atoms with van der Waals surface area (Å²) in [5, 5.41) is 11.6. The van der Waals surface area contributed by atoms with Crippen LogP contribution in [0.1, 0.15) is 91.9 Å². The van der Waals surface area contributed by atoms with Gasteiger partial charge in [0.05, 0.1) is 12.7 Å². The molecule has 10 heteroatoms. The molecular formula is C32H44F2O8. The van der Waals surface area contributed by atoms with Crippen LogP contribution in [0.5, 0.6) is 0 Å². The molecule has 42 heavy (non-hydrogen) atoms. The Labute approximate surface area is 246 Å². The van der Waals surface area contributed by atoms with Crippen LogP contribution in [-0.4, -0.2) is 65.6 Å². The van der Waals surface area contributed by atoms with Gasteiger partial charge in [-0.3, -0.25) is 14.4 Å². The van der Waals surface area contributed by atoms with Gasteiger partial charge in [0.1, 0.15) is 6.17 Å². The lowest BCUT2D eigenvalue weighted by Gasteiger charge is -2.63. The number of carbonyl (C=O) groups is 4. The van der Waals surface area contributed by atoms with E-state index in [1.165, 1.54) is 19.1 Å². The van der Waals surface area contributed by atoms with Gasteiger partial charge in [-0.25, -0.2) is 13.6 Å². The van der Waals surface area contributed by atoms with Gasteiger partial charge in [0.2, 0.25) is 5.78 Å². The van der Waals surface area contributed by atoms with Crippen molar-refractivity contribution in [1.29, 1.82) is 0 Å². The lowest BCUT2D eigenvalue weighted by Crippen LogP contribution is -2.70. The van der Waals surface area contributed by atoms with E-state index in [0.717, 1.165) is 25.3 Å². The molecule has 4 aliphatic rings. The monoisotopic (exact) mass is 594 g/mol. The van der Waals surface area contributed by atoms with Crippen LogP contribution in [0.15, 0.2) is 23.8 Å². The van der Waals surface area contributed by atoms with E-state index in [9.17, 15) is 24.3 Å². The molecule has 0 spiro atoms. The number of carbonyl (C=O) groups excluding carboxylic acids is 4. The molecular weight excluding hydrogens is 550 g/mol. The van der Waals surface area contributed by atoms with Crippen LogP contribution >= 0.6 is 0 Å². The van der Waals surface area contributed by atoms with Crippen molar-refractivity contribution in [2.45, 2.75) is 115 Å². The van der Waals surface area contributed by atoms with Gasteiger partial charge in [0, 0.05) is 23.2 Å². The Kier molecular flexibility index (Phi) is 9.36. The molecule has 3 fully saturated rings. The quantitative estimate of drug-likeness (QED) is 0.240. The predicted molar refractivity (Wildman–Crippen MR) is 149 cm³/mol. The number of hydrogen-bond acceptors (Lipinski definition) is 8. The first-order valence-corrected chi connectivity index (χ1v) is 15.3. The van der Waals surface area contributed by atoms with Crippen molar-refractivity contribution in [1.82, 2.24) is 0 Å². The van der Waals surface area contributed by atoms with Gasteiger partial charge in [-0.15, -0.1) is 0 Å². The number of rotatable bonds is 11. The zero-order valence-electron chi connectivity index (χ0n) is 25.1. The summed E-state index contributed by atoms with van der Waals surface area (Å²) in [5.74, 6) is -3.40. The molecule has 8 atom stereocenters. The van der Waals surface area contributed by atoms with Gasteiger partial charge in [-0.05, 0) is 69.1 Å². The Morgan fingerprint density at radius 1 is 1.07 bits per heavy atom. The van der Waals surface area contributed by atoms with Gasteiger partial charge in [-0.1, -0.05) is 46.1 Å². The Bertz CT molecular complexity index is 1150. The normalized spacial score (nSPS) is 38.5. The second-order valence-electron chi connectivity index (χ2n) is 12.8.